The highest BCUT2D eigenvalue weighted by Gasteiger charge is 2.34. The van der Waals surface area contributed by atoms with Crippen molar-refractivity contribution < 1.29 is 4.90 Å². The average Bonchev–Trinajstić information content (AvgIpc) is 3.28. The Balaban J connectivity index is 1.46. The lowest BCUT2D eigenvalue weighted by Gasteiger charge is -2.31. The summed E-state index contributed by atoms with van der Waals surface area (Å²) >= 11 is 3.93. The number of nitrogens with one attached hydrogen (secondary N) is 1. The third-order valence-corrected chi connectivity index (χ3v) is 8.97. The Labute approximate surface area is 201 Å². The average molecular weight is 462 g/mol. The van der Waals surface area contributed by atoms with Gasteiger partial charge in [-0.2, -0.15) is 0 Å². The van der Waals surface area contributed by atoms with E-state index in [1.165, 1.54) is 37.3 Å². The van der Waals surface area contributed by atoms with E-state index in [1.807, 2.05) is 23.5 Å². The van der Waals surface area contributed by atoms with Gasteiger partial charge in [0.15, 0.2) is 5.37 Å². The molecule has 4 heteroatoms. The number of rotatable bonds is 4. The Morgan fingerprint density at radius 2 is 1.78 bits per heavy atom. The Hall–Kier alpha value is -1.88. The molecule has 2 unspecified atom stereocenters. The van der Waals surface area contributed by atoms with Gasteiger partial charge in [-0.1, -0.05) is 67.7 Å². The molecule has 0 saturated heterocycles. The Morgan fingerprint density at radius 3 is 2.56 bits per heavy atom. The minimum atomic E-state index is 0.280. The molecule has 2 aliphatic heterocycles. The molecular weight excluding hydrogens is 428 g/mol. The maximum Gasteiger partial charge on any atom is 0.163 e. The predicted octanol–water partition coefficient (Wildman–Crippen LogP) is 6.80. The standard InChI is InChI=1S/C28H32N2S2/c1-5-29-22-11-7-9-13-24(22)31-26(29)16-20-15-21(19-28(3,4)18-20)17-27-30(6-2)23-12-8-10-14-25(23)32-27/h7-17,26H,5-6,18-19H2,1-4H3/p+1/b20-16-,27-17+. The van der Waals surface area contributed by atoms with Gasteiger partial charge in [-0.15, -0.1) is 0 Å². The van der Waals surface area contributed by atoms with Crippen LogP contribution < -0.4 is 9.80 Å². The molecule has 0 aromatic heterocycles. The maximum absolute atomic E-state index is 2.55. The molecule has 1 aliphatic carbocycles. The van der Waals surface area contributed by atoms with E-state index in [0.29, 0.717) is 5.37 Å². The molecule has 0 radical (unpaired) electrons. The van der Waals surface area contributed by atoms with E-state index in [0.717, 1.165) is 25.9 Å². The van der Waals surface area contributed by atoms with Crippen molar-refractivity contribution in [2.24, 2.45) is 5.41 Å². The van der Waals surface area contributed by atoms with Gasteiger partial charge in [0.2, 0.25) is 0 Å². The summed E-state index contributed by atoms with van der Waals surface area (Å²) in [5.74, 6) is 0. The fourth-order valence-electron chi connectivity index (χ4n) is 5.27. The first-order valence-electron chi connectivity index (χ1n) is 11.8. The lowest BCUT2D eigenvalue weighted by atomic mass is 9.75. The Bertz CT molecular complexity index is 1110. The number of quaternary nitrogens is 1. The number of hydrogen-bond acceptors (Lipinski definition) is 3. The molecule has 1 N–H and O–H groups in total. The fourth-order valence-corrected chi connectivity index (χ4v) is 7.91. The molecule has 0 amide bonds. The van der Waals surface area contributed by atoms with E-state index in [1.54, 1.807) is 4.90 Å². The summed E-state index contributed by atoms with van der Waals surface area (Å²) in [5, 5.41) is 1.82. The van der Waals surface area contributed by atoms with Crippen LogP contribution in [0.15, 0.2) is 92.7 Å². The zero-order valence-electron chi connectivity index (χ0n) is 19.5. The largest absolute Gasteiger partial charge is 0.335 e. The van der Waals surface area contributed by atoms with Crippen molar-refractivity contribution in [1.29, 1.82) is 0 Å². The van der Waals surface area contributed by atoms with Gasteiger partial charge < -0.3 is 4.90 Å². The van der Waals surface area contributed by atoms with Crippen molar-refractivity contribution in [3.05, 3.63) is 82.9 Å². The van der Waals surface area contributed by atoms with Gasteiger partial charge in [0.25, 0.3) is 0 Å². The van der Waals surface area contributed by atoms with Crippen LogP contribution in [-0.4, -0.2) is 18.5 Å². The van der Waals surface area contributed by atoms with Gasteiger partial charge in [0.05, 0.1) is 22.2 Å². The second-order valence-corrected chi connectivity index (χ2v) is 11.9. The molecule has 166 valence electrons. The summed E-state index contributed by atoms with van der Waals surface area (Å²) in [5.41, 5.74) is 6.04. The van der Waals surface area contributed by atoms with Crippen LogP contribution in [0.25, 0.3) is 0 Å². The van der Waals surface area contributed by atoms with E-state index >= 15 is 0 Å². The van der Waals surface area contributed by atoms with E-state index in [-0.39, 0.29) is 5.41 Å². The molecule has 2 heterocycles. The molecule has 0 spiro atoms. The molecule has 0 bridgehead atoms. The predicted molar refractivity (Wildman–Crippen MR) is 140 cm³/mol. The van der Waals surface area contributed by atoms with Crippen molar-refractivity contribution in [3.8, 4) is 0 Å². The second-order valence-electron chi connectivity index (χ2n) is 9.69. The number of anilines is 1. The molecule has 2 aromatic rings. The summed E-state index contributed by atoms with van der Waals surface area (Å²) in [6.45, 7) is 11.5. The van der Waals surface area contributed by atoms with Crippen molar-refractivity contribution in [2.75, 3.05) is 18.0 Å². The number of para-hydroxylation sites is 2. The summed E-state index contributed by atoms with van der Waals surface area (Å²) in [4.78, 5) is 6.84. The Kier molecular flexibility index (Phi) is 6.04. The van der Waals surface area contributed by atoms with Gasteiger partial charge >= 0.3 is 0 Å². The monoisotopic (exact) mass is 461 g/mol. The normalized spacial score (nSPS) is 26.4. The lowest BCUT2D eigenvalue weighted by Crippen LogP contribution is -3.08. The van der Waals surface area contributed by atoms with Crippen LogP contribution in [0.3, 0.4) is 0 Å². The quantitative estimate of drug-likeness (QED) is 0.536. The van der Waals surface area contributed by atoms with Crippen molar-refractivity contribution in [1.82, 2.24) is 0 Å². The van der Waals surface area contributed by atoms with Crippen LogP contribution in [0.2, 0.25) is 0 Å². The number of allylic oxidation sites excluding steroid dienone is 4. The van der Waals surface area contributed by atoms with Crippen LogP contribution in [0.1, 0.15) is 40.5 Å². The number of nitrogens with zero attached hydrogens (tertiary/aromatic N) is 1. The SMILES string of the molecule is CCN1/C(=C\C2=CC(=C/C3Sc4ccccc4[NH+]3CC)/CC(C)(C)C2)Sc2ccccc21. The minimum Gasteiger partial charge on any atom is -0.335 e. The maximum atomic E-state index is 2.55. The molecule has 2 atom stereocenters. The molecule has 2 nitrogen and oxygen atoms in total. The highest BCUT2D eigenvalue weighted by atomic mass is 32.2. The first-order valence-corrected chi connectivity index (χ1v) is 13.5. The zero-order chi connectivity index (χ0) is 22.3. The van der Waals surface area contributed by atoms with E-state index in [9.17, 15) is 0 Å². The van der Waals surface area contributed by atoms with Crippen LogP contribution in [0.4, 0.5) is 11.4 Å². The lowest BCUT2D eigenvalue weighted by molar-refractivity contribution is -0.833. The summed E-state index contributed by atoms with van der Waals surface area (Å²) in [7, 11) is 0. The highest BCUT2D eigenvalue weighted by molar-refractivity contribution is 8.03. The van der Waals surface area contributed by atoms with E-state index < -0.39 is 0 Å². The Morgan fingerprint density at radius 1 is 1.03 bits per heavy atom. The molecule has 32 heavy (non-hydrogen) atoms. The molecular formula is C28H33N2S2+. The summed E-state index contributed by atoms with van der Waals surface area (Å²) < 4.78 is 0. The number of fused-ring (bicyclic) bond motifs is 2. The molecule has 2 aromatic carbocycles. The fraction of sp³-hybridized carbons (Fsp3) is 0.357. The smallest absolute Gasteiger partial charge is 0.163 e. The highest BCUT2D eigenvalue weighted by Crippen LogP contribution is 2.47. The summed E-state index contributed by atoms with van der Waals surface area (Å²) in [6, 6.07) is 17.7. The molecule has 0 saturated carbocycles. The van der Waals surface area contributed by atoms with Crippen molar-refractivity contribution >= 4 is 34.9 Å². The number of likely N-dealkylation sites (N-methyl/N-ethyl adjacent to an activating group) is 1. The molecule has 3 aliphatic rings. The summed E-state index contributed by atoms with van der Waals surface area (Å²) in [6.07, 6.45) is 9.76. The van der Waals surface area contributed by atoms with Crippen LogP contribution in [0, 0.1) is 5.41 Å². The van der Waals surface area contributed by atoms with E-state index in [2.05, 4.69) is 99.4 Å². The number of thioether (sulfide) groups is 2. The first-order chi connectivity index (χ1) is 15.5. The van der Waals surface area contributed by atoms with Crippen molar-refractivity contribution in [2.45, 2.75) is 55.7 Å². The van der Waals surface area contributed by atoms with Gasteiger partial charge in [-0.05, 0) is 73.6 Å². The van der Waals surface area contributed by atoms with Crippen LogP contribution in [0.5, 0.6) is 0 Å². The van der Waals surface area contributed by atoms with Crippen LogP contribution >= 0.6 is 23.5 Å². The number of hydrogen-bond donors (Lipinski definition) is 1. The van der Waals surface area contributed by atoms with E-state index in [4.69, 9.17) is 0 Å². The second kappa shape index (κ2) is 8.81. The minimum absolute atomic E-state index is 0.280. The van der Waals surface area contributed by atoms with Gasteiger partial charge in [0, 0.05) is 17.5 Å². The van der Waals surface area contributed by atoms with Crippen LogP contribution in [-0.2, 0) is 0 Å². The van der Waals surface area contributed by atoms with Gasteiger partial charge in [-0.25, -0.2) is 0 Å². The molecule has 5 rings (SSSR count). The number of benzene rings is 2. The van der Waals surface area contributed by atoms with Gasteiger partial charge in [-0.3, -0.25) is 4.90 Å². The third kappa shape index (κ3) is 4.21. The first kappa shape index (κ1) is 21.9. The zero-order valence-corrected chi connectivity index (χ0v) is 21.2. The van der Waals surface area contributed by atoms with Crippen molar-refractivity contribution in [3.63, 3.8) is 0 Å². The third-order valence-electron chi connectivity index (χ3n) is 6.57. The molecule has 0 fully saturated rings. The van der Waals surface area contributed by atoms with Gasteiger partial charge in [0.1, 0.15) is 5.69 Å². The topological polar surface area (TPSA) is 7.68 Å².